The molecule has 0 aromatic rings. The molecule has 0 saturated heterocycles. The van der Waals surface area contributed by atoms with Gasteiger partial charge in [-0.2, -0.15) is 0 Å². The summed E-state index contributed by atoms with van der Waals surface area (Å²) in [5.74, 6) is 0.821. The van der Waals surface area contributed by atoms with Gasteiger partial charge in [-0.15, -0.1) is 0 Å². The Hall–Kier alpha value is -0.610. The highest BCUT2D eigenvalue weighted by molar-refractivity contribution is 5.75. The van der Waals surface area contributed by atoms with E-state index in [1.807, 2.05) is 20.8 Å². The Labute approximate surface area is 128 Å². The zero-order valence-corrected chi connectivity index (χ0v) is 14.0. The van der Waals surface area contributed by atoms with Crippen molar-refractivity contribution in [3.8, 4) is 0 Å². The van der Waals surface area contributed by atoms with Crippen LogP contribution in [0.5, 0.6) is 0 Å². The standard InChI is InChI=1S/C17H30O4/c1-6-16(2,3)15(19)21-8-7-20-13-10-11-9-12(14(13)18)17(11,4)5/h11-14,18H,6-10H2,1-5H3. The fourth-order valence-corrected chi connectivity index (χ4v) is 3.55. The van der Waals surface area contributed by atoms with Gasteiger partial charge in [0.15, 0.2) is 0 Å². The number of carbonyl (C=O) groups is 1. The minimum absolute atomic E-state index is 0.0975. The summed E-state index contributed by atoms with van der Waals surface area (Å²) in [4.78, 5) is 11.8. The van der Waals surface area contributed by atoms with E-state index < -0.39 is 5.41 Å². The van der Waals surface area contributed by atoms with E-state index in [1.54, 1.807) is 0 Å². The molecule has 3 saturated carbocycles. The van der Waals surface area contributed by atoms with Crippen LogP contribution in [0.15, 0.2) is 0 Å². The number of aliphatic hydroxyl groups is 1. The second kappa shape index (κ2) is 5.88. The Bertz CT molecular complexity index is 388. The Morgan fingerprint density at radius 3 is 2.48 bits per heavy atom. The fourth-order valence-electron chi connectivity index (χ4n) is 3.55. The van der Waals surface area contributed by atoms with Crippen LogP contribution in [0, 0.1) is 22.7 Å². The highest BCUT2D eigenvalue weighted by Gasteiger charge is 2.57. The predicted octanol–water partition coefficient (Wildman–Crippen LogP) is 2.78. The first kappa shape index (κ1) is 16.8. The van der Waals surface area contributed by atoms with Crippen molar-refractivity contribution in [2.75, 3.05) is 13.2 Å². The molecule has 0 aliphatic heterocycles. The third kappa shape index (κ3) is 3.11. The largest absolute Gasteiger partial charge is 0.463 e. The lowest BCUT2D eigenvalue weighted by Crippen LogP contribution is -2.60. The van der Waals surface area contributed by atoms with Gasteiger partial charge in [-0.25, -0.2) is 0 Å². The Balaban J connectivity index is 1.70. The normalized spacial score (nSPS) is 34.2. The van der Waals surface area contributed by atoms with E-state index in [2.05, 4.69) is 13.8 Å². The average molecular weight is 298 g/mol. The second-order valence-electron chi connectivity index (χ2n) is 7.87. The molecule has 0 amide bonds. The number of ether oxygens (including phenoxy) is 2. The van der Waals surface area contributed by atoms with E-state index in [4.69, 9.17) is 9.47 Å². The van der Waals surface area contributed by atoms with E-state index in [0.29, 0.717) is 18.4 Å². The average Bonchev–Trinajstić information content (AvgIpc) is 2.43. The number of rotatable bonds is 6. The van der Waals surface area contributed by atoms with E-state index >= 15 is 0 Å². The zero-order chi connectivity index (χ0) is 15.8. The zero-order valence-electron chi connectivity index (χ0n) is 14.0. The quantitative estimate of drug-likeness (QED) is 0.605. The van der Waals surface area contributed by atoms with Crippen molar-refractivity contribution in [2.24, 2.45) is 22.7 Å². The maximum absolute atomic E-state index is 11.8. The van der Waals surface area contributed by atoms with Crippen molar-refractivity contribution in [1.82, 2.24) is 0 Å². The maximum Gasteiger partial charge on any atom is 0.311 e. The number of fused-ring (bicyclic) bond motifs is 2. The van der Waals surface area contributed by atoms with Crippen LogP contribution in [-0.4, -0.2) is 36.5 Å². The van der Waals surface area contributed by atoms with Crippen LogP contribution in [0.2, 0.25) is 0 Å². The van der Waals surface area contributed by atoms with Crippen molar-refractivity contribution in [3.63, 3.8) is 0 Å². The van der Waals surface area contributed by atoms with Crippen LogP contribution in [0.25, 0.3) is 0 Å². The summed E-state index contributed by atoms with van der Waals surface area (Å²) < 4.78 is 11.0. The molecule has 2 bridgehead atoms. The molecule has 3 aliphatic carbocycles. The molecule has 21 heavy (non-hydrogen) atoms. The van der Waals surface area contributed by atoms with Gasteiger partial charge >= 0.3 is 5.97 Å². The van der Waals surface area contributed by atoms with Gasteiger partial charge in [0.25, 0.3) is 0 Å². The third-order valence-electron chi connectivity index (χ3n) is 5.94. The lowest BCUT2D eigenvalue weighted by molar-refractivity contribution is -0.209. The van der Waals surface area contributed by atoms with Crippen molar-refractivity contribution in [2.45, 2.75) is 66.1 Å². The van der Waals surface area contributed by atoms with E-state index in [9.17, 15) is 9.90 Å². The van der Waals surface area contributed by atoms with Crippen LogP contribution in [0.1, 0.15) is 53.9 Å². The molecule has 0 aromatic heterocycles. The third-order valence-corrected chi connectivity index (χ3v) is 5.94. The molecule has 0 aromatic carbocycles. The van der Waals surface area contributed by atoms with Gasteiger partial charge in [-0.1, -0.05) is 20.8 Å². The summed E-state index contributed by atoms with van der Waals surface area (Å²) >= 11 is 0. The molecule has 1 N–H and O–H groups in total. The smallest absolute Gasteiger partial charge is 0.311 e. The van der Waals surface area contributed by atoms with Gasteiger partial charge in [0.1, 0.15) is 6.61 Å². The first-order chi connectivity index (χ1) is 9.70. The highest BCUT2D eigenvalue weighted by Crippen LogP contribution is 2.59. The number of hydrogen-bond acceptors (Lipinski definition) is 4. The molecule has 4 nitrogen and oxygen atoms in total. The van der Waals surface area contributed by atoms with Crippen LogP contribution >= 0.6 is 0 Å². The minimum atomic E-state index is -0.435. The molecule has 4 heteroatoms. The van der Waals surface area contributed by atoms with Crippen molar-refractivity contribution in [1.29, 1.82) is 0 Å². The van der Waals surface area contributed by atoms with Gasteiger partial charge in [-0.3, -0.25) is 4.79 Å². The molecule has 4 unspecified atom stereocenters. The molecule has 3 fully saturated rings. The van der Waals surface area contributed by atoms with Gasteiger partial charge < -0.3 is 14.6 Å². The summed E-state index contributed by atoms with van der Waals surface area (Å²) in [5.41, 5.74) is -0.188. The van der Waals surface area contributed by atoms with Gasteiger partial charge in [-0.05, 0) is 50.4 Å². The number of aliphatic hydroxyl groups excluding tert-OH is 1. The lowest BCUT2D eigenvalue weighted by Gasteiger charge is -2.60. The molecule has 0 spiro atoms. The maximum atomic E-state index is 11.8. The van der Waals surface area contributed by atoms with E-state index in [0.717, 1.165) is 19.3 Å². The van der Waals surface area contributed by atoms with Crippen molar-refractivity contribution >= 4 is 5.97 Å². The molecule has 3 rings (SSSR count). The van der Waals surface area contributed by atoms with Crippen LogP contribution in [-0.2, 0) is 14.3 Å². The molecule has 3 aliphatic rings. The summed E-state index contributed by atoms with van der Waals surface area (Å²) in [6.45, 7) is 10.9. The monoisotopic (exact) mass is 298 g/mol. The number of hydrogen-bond donors (Lipinski definition) is 1. The SMILES string of the molecule is CCC(C)(C)C(=O)OCCOC1CC2CC(C1O)C2(C)C. The first-order valence-corrected chi connectivity index (χ1v) is 8.17. The Morgan fingerprint density at radius 2 is 1.95 bits per heavy atom. The van der Waals surface area contributed by atoms with Crippen molar-refractivity contribution < 1.29 is 19.4 Å². The van der Waals surface area contributed by atoms with Gasteiger partial charge in [0, 0.05) is 0 Å². The highest BCUT2D eigenvalue weighted by atomic mass is 16.6. The molecular weight excluding hydrogens is 268 g/mol. The fraction of sp³-hybridized carbons (Fsp3) is 0.941. The van der Waals surface area contributed by atoms with E-state index in [-0.39, 0.29) is 30.2 Å². The summed E-state index contributed by atoms with van der Waals surface area (Å²) in [6.07, 6.45) is 2.31. The number of carbonyl (C=O) groups excluding carboxylic acids is 1. The molecule has 4 atom stereocenters. The molecular formula is C17H30O4. The summed E-state index contributed by atoms with van der Waals surface area (Å²) in [6, 6.07) is 0. The van der Waals surface area contributed by atoms with Crippen LogP contribution in [0.3, 0.4) is 0 Å². The second-order valence-corrected chi connectivity index (χ2v) is 7.87. The summed E-state index contributed by atoms with van der Waals surface area (Å²) in [7, 11) is 0. The number of esters is 1. The molecule has 0 radical (unpaired) electrons. The first-order valence-electron chi connectivity index (χ1n) is 8.17. The Morgan fingerprint density at radius 1 is 1.29 bits per heavy atom. The van der Waals surface area contributed by atoms with Crippen LogP contribution in [0.4, 0.5) is 0 Å². The van der Waals surface area contributed by atoms with Gasteiger partial charge in [0.2, 0.25) is 0 Å². The van der Waals surface area contributed by atoms with E-state index in [1.165, 1.54) is 0 Å². The lowest BCUT2D eigenvalue weighted by atomic mass is 9.47. The Kier molecular flexibility index (Phi) is 4.69. The van der Waals surface area contributed by atoms with Crippen LogP contribution < -0.4 is 0 Å². The van der Waals surface area contributed by atoms with Gasteiger partial charge in [0.05, 0.1) is 24.2 Å². The summed E-state index contributed by atoms with van der Waals surface area (Å²) in [5, 5.41) is 10.4. The minimum Gasteiger partial charge on any atom is -0.463 e. The predicted molar refractivity (Wildman–Crippen MR) is 80.8 cm³/mol. The molecule has 0 heterocycles. The van der Waals surface area contributed by atoms with Crippen molar-refractivity contribution in [3.05, 3.63) is 0 Å². The molecule has 122 valence electrons. The topological polar surface area (TPSA) is 55.8 Å².